The third kappa shape index (κ3) is 5.50. The molecule has 0 fully saturated rings. The standard InChI is InChI=1S/C4H4ClO2/c1-4(5)2-7-3-6/h2H,1H3/b4-2+. The van der Waals surface area contributed by atoms with Crippen molar-refractivity contribution >= 4 is 18.1 Å². The first-order chi connectivity index (χ1) is 3.27. The molecule has 0 unspecified atom stereocenters. The fourth-order valence-electron chi connectivity index (χ4n) is 0.105. The summed E-state index contributed by atoms with van der Waals surface area (Å²) in [6.07, 6.45) is 1.11. The van der Waals surface area contributed by atoms with Crippen molar-refractivity contribution in [3.8, 4) is 0 Å². The SMILES string of the molecule is C/C(Cl)=C\O[C]=O. The quantitative estimate of drug-likeness (QED) is 0.510. The number of hydrogen-bond acceptors (Lipinski definition) is 2. The van der Waals surface area contributed by atoms with E-state index < -0.39 is 0 Å². The van der Waals surface area contributed by atoms with E-state index in [0.29, 0.717) is 5.03 Å². The van der Waals surface area contributed by atoms with E-state index in [2.05, 4.69) is 4.74 Å². The maximum Gasteiger partial charge on any atom is 0.422 e. The van der Waals surface area contributed by atoms with Crippen molar-refractivity contribution in [3.63, 3.8) is 0 Å². The Morgan fingerprint density at radius 1 is 2.00 bits per heavy atom. The first kappa shape index (κ1) is 6.50. The van der Waals surface area contributed by atoms with Crippen LogP contribution in [0.5, 0.6) is 0 Å². The molecule has 1 radical (unpaired) electrons. The van der Waals surface area contributed by atoms with Gasteiger partial charge in [-0.3, -0.25) is 0 Å². The van der Waals surface area contributed by atoms with Gasteiger partial charge in [-0.05, 0) is 6.92 Å². The highest BCUT2D eigenvalue weighted by Gasteiger charge is 1.75. The summed E-state index contributed by atoms with van der Waals surface area (Å²) in [6.45, 7) is 2.78. The normalized spacial score (nSPS) is 10.9. The van der Waals surface area contributed by atoms with E-state index in [9.17, 15) is 4.79 Å². The Labute approximate surface area is 46.7 Å². The lowest BCUT2D eigenvalue weighted by Crippen LogP contribution is -1.71. The number of rotatable bonds is 2. The molecule has 39 valence electrons. The zero-order valence-corrected chi connectivity index (χ0v) is 4.53. The second kappa shape index (κ2) is 3.68. The number of halogens is 1. The van der Waals surface area contributed by atoms with Crippen LogP contribution in [0.1, 0.15) is 6.92 Å². The van der Waals surface area contributed by atoms with Crippen molar-refractivity contribution in [1.29, 1.82) is 0 Å². The Morgan fingerprint density at radius 3 is 2.71 bits per heavy atom. The van der Waals surface area contributed by atoms with Gasteiger partial charge in [0.15, 0.2) is 0 Å². The van der Waals surface area contributed by atoms with Crippen LogP contribution in [0.4, 0.5) is 0 Å². The third-order valence-electron chi connectivity index (χ3n) is 0.269. The fraction of sp³-hybridized carbons (Fsp3) is 0.250. The zero-order chi connectivity index (χ0) is 5.70. The molecular weight excluding hydrogens is 115 g/mol. The van der Waals surface area contributed by atoms with Gasteiger partial charge in [0.1, 0.15) is 6.26 Å². The predicted octanol–water partition coefficient (Wildman–Crippen LogP) is 1.17. The molecule has 0 bridgehead atoms. The van der Waals surface area contributed by atoms with Crippen LogP contribution in [-0.4, -0.2) is 6.47 Å². The van der Waals surface area contributed by atoms with E-state index in [0.717, 1.165) is 6.26 Å². The van der Waals surface area contributed by atoms with E-state index in [1.807, 2.05) is 0 Å². The van der Waals surface area contributed by atoms with Crippen molar-refractivity contribution in [1.82, 2.24) is 0 Å². The molecule has 0 N–H and O–H groups in total. The predicted molar refractivity (Wildman–Crippen MR) is 26.4 cm³/mol. The summed E-state index contributed by atoms with van der Waals surface area (Å²) in [5.74, 6) is 0. The van der Waals surface area contributed by atoms with E-state index in [1.165, 1.54) is 6.47 Å². The van der Waals surface area contributed by atoms with Crippen LogP contribution in [-0.2, 0) is 9.53 Å². The summed E-state index contributed by atoms with van der Waals surface area (Å²) in [6, 6.07) is 0. The minimum Gasteiger partial charge on any atom is -0.425 e. The molecule has 7 heavy (non-hydrogen) atoms. The molecule has 0 aromatic heterocycles. The summed E-state index contributed by atoms with van der Waals surface area (Å²) < 4.78 is 4.00. The fourth-order valence-corrected chi connectivity index (χ4v) is 0.150. The lowest BCUT2D eigenvalue weighted by molar-refractivity contribution is 0.397. The smallest absolute Gasteiger partial charge is 0.422 e. The number of carbonyl (C=O) groups excluding carboxylic acids is 1. The number of ether oxygens (including phenoxy) is 1. The topological polar surface area (TPSA) is 26.3 Å². The molecule has 2 nitrogen and oxygen atoms in total. The van der Waals surface area contributed by atoms with E-state index in [1.54, 1.807) is 6.92 Å². The Balaban J connectivity index is 3.25. The van der Waals surface area contributed by atoms with E-state index in [4.69, 9.17) is 11.6 Å². The van der Waals surface area contributed by atoms with Crippen LogP contribution >= 0.6 is 11.6 Å². The van der Waals surface area contributed by atoms with Gasteiger partial charge < -0.3 is 4.74 Å². The number of hydrogen-bond donors (Lipinski definition) is 0. The Morgan fingerprint density at radius 2 is 2.57 bits per heavy atom. The molecule has 0 rings (SSSR count). The maximum absolute atomic E-state index is 9.26. The van der Waals surface area contributed by atoms with Gasteiger partial charge in [-0.2, -0.15) is 0 Å². The van der Waals surface area contributed by atoms with Gasteiger partial charge >= 0.3 is 6.47 Å². The summed E-state index contributed by atoms with van der Waals surface area (Å²) in [5.41, 5.74) is 0. The minimum atomic E-state index is 0.420. The van der Waals surface area contributed by atoms with Gasteiger partial charge in [0.25, 0.3) is 0 Å². The molecule has 0 aliphatic rings. The van der Waals surface area contributed by atoms with Crippen molar-refractivity contribution in [2.45, 2.75) is 6.92 Å². The van der Waals surface area contributed by atoms with Crippen LogP contribution in [0, 0.1) is 0 Å². The Bertz CT molecular complexity index is 83.7. The van der Waals surface area contributed by atoms with Crippen LogP contribution in [0.3, 0.4) is 0 Å². The zero-order valence-electron chi connectivity index (χ0n) is 3.77. The van der Waals surface area contributed by atoms with Gasteiger partial charge in [-0.25, -0.2) is 4.79 Å². The second-order valence-corrected chi connectivity index (χ2v) is 1.50. The van der Waals surface area contributed by atoms with Gasteiger partial charge in [-0.15, -0.1) is 0 Å². The molecule has 0 amide bonds. The summed E-state index contributed by atoms with van der Waals surface area (Å²) in [7, 11) is 0. The largest absolute Gasteiger partial charge is 0.425 e. The molecule has 0 aliphatic carbocycles. The molecule has 0 spiro atoms. The highest BCUT2D eigenvalue weighted by atomic mass is 35.5. The molecule has 0 saturated heterocycles. The average Bonchev–Trinajstić information content (AvgIpc) is 1.61. The van der Waals surface area contributed by atoms with E-state index in [-0.39, 0.29) is 0 Å². The first-order valence-corrected chi connectivity index (χ1v) is 2.00. The van der Waals surface area contributed by atoms with Crippen LogP contribution in [0.25, 0.3) is 0 Å². The van der Waals surface area contributed by atoms with Gasteiger partial charge in [0.2, 0.25) is 0 Å². The van der Waals surface area contributed by atoms with Gasteiger partial charge in [0, 0.05) is 0 Å². The lowest BCUT2D eigenvalue weighted by atomic mass is 10.7. The molecule has 0 aromatic carbocycles. The molecule has 0 aromatic rings. The molecule has 0 atom stereocenters. The average molecular weight is 120 g/mol. The van der Waals surface area contributed by atoms with Crippen molar-refractivity contribution in [3.05, 3.63) is 11.3 Å². The van der Waals surface area contributed by atoms with Gasteiger partial charge in [0.05, 0.1) is 5.03 Å². The first-order valence-electron chi connectivity index (χ1n) is 1.62. The molecule has 0 saturated carbocycles. The summed E-state index contributed by atoms with van der Waals surface area (Å²) in [4.78, 5) is 9.26. The highest BCUT2D eigenvalue weighted by molar-refractivity contribution is 6.29. The summed E-state index contributed by atoms with van der Waals surface area (Å²) >= 11 is 5.21. The lowest BCUT2D eigenvalue weighted by Gasteiger charge is -1.79. The Hall–Kier alpha value is -0.500. The maximum atomic E-state index is 9.26. The van der Waals surface area contributed by atoms with Crippen LogP contribution in [0.15, 0.2) is 11.3 Å². The highest BCUT2D eigenvalue weighted by Crippen LogP contribution is 1.95. The third-order valence-corrected chi connectivity index (χ3v) is 0.359. The van der Waals surface area contributed by atoms with Crippen LogP contribution < -0.4 is 0 Å². The van der Waals surface area contributed by atoms with Crippen LogP contribution in [0.2, 0.25) is 0 Å². The second-order valence-electron chi connectivity index (χ2n) is 0.906. The molecular formula is C4H4ClO2. The van der Waals surface area contributed by atoms with Crippen molar-refractivity contribution < 1.29 is 9.53 Å². The van der Waals surface area contributed by atoms with Crippen molar-refractivity contribution in [2.24, 2.45) is 0 Å². The van der Waals surface area contributed by atoms with Gasteiger partial charge in [-0.1, -0.05) is 11.6 Å². The number of allylic oxidation sites excluding steroid dienone is 1. The van der Waals surface area contributed by atoms with E-state index >= 15 is 0 Å². The molecule has 0 aliphatic heterocycles. The minimum absolute atomic E-state index is 0.420. The Kier molecular flexibility index (Phi) is 3.42. The van der Waals surface area contributed by atoms with Crippen molar-refractivity contribution in [2.75, 3.05) is 0 Å². The molecule has 3 heteroatoms. The summed E-state index contributed by atoms with van der Waals surface area (Å²) in [5, 5.41) is 0.420. The monoisotopic (exact) mass is 119 g/mol. The molecule has 0 heterocycles.